The molecule has 46 heavy (non-hydrogen) atoms. The molecular formula is C32H31F3N8O3. The fourth-order valence-electron chi connectivity index (χ4n) is 5.24. The zero-order chi connectivity index (χ0) is 32.1. The number of benzene rings is 1. The first-order chi connectivity index (χ1) is 22.3. The van der Waals surface area contributed by atoms with Crippen LogP contribution in [0.2, 0.25) is 0 Å². The molecular weight excluding hydrogens is 601 g/mol. The molecule has 5 aromatic rings. The van der Waals surface area contributed by atoms with Crippen LogP contribution < -0.4 is 15.1 Å². The van der Waals surface area contributed by atoms with Crippen molar-refractivity contribution >= 4 is 46.3 Å². The second-order valence-electron chi connectivity index (χ2n) is 10.6. The average Bonchev–Trinajstić information content (AvgIpc) is 3.52. The molecule has 0 unspecified atom stereocenters. The lowest BCUT2D eigenvalue weighted by Crippen LogP contribution is -2.43. The first-order valence-corrected chi connectivity index (χ1v) is 14.7. The van der Waals surface area contributed by atoms with Crippen molar-refractivity contribution < 1.29 is 27.8 Å². The van der Waals surface area contributed by atoms with Gasteiger partial charge >= 0.3 is 12.1 Å². The molecule has 0 radical (unpaired) electrons. The third kappa shape index (κ3) is 7.08. The van der Waals surface area contributed by atoms with Gasteiger partial charge in [-0.1, -0.05) is 24.3 Å². The van der Waals surface area contributed by atoms with E-state index in [1.54, 1.807) is 0 Å². The molecule has 0 bridgehead atoms. The van der Waals surface area contributed by atoms with Gasteiger partial charge in [-0.15, -0.1) is 0 Å². The molecule has 0 amide bonds. The number of anilines is 2. The van der Waals surface area contributed by atoms with E-state index < -0.39 is 12.1 Å². The van der Waals surface area contributed by atoms with E-state index in [1.165, 1.54) is 0 Å². The van der Waals surface area contributed by atoms with Crippen LogP contribution in [0.15, 0.2) is 67.1 Å². The van der Waals surface area contributed by atoms with Crippen LogP contribution in [0.25, 0.3) is 40.0 Å². The molecule has 7 rings (SSSR count). The van der Waals surface area contributed by atoms with Gasteiger partial charge in [-0.3, -0.25) is 4.40 Å². The summed E-state index contributed by atoms with van der Waals surface area (Å²) in [4.78, 5) is 32.9. The Balaban J connectivity index is 0.000000480. The van der Waals surface area contributed by atoms with Gasteiger partial charge < -0.3 is 25.0 Å². The summed E-state index contributed by atoms with van der Waals surface area (Å²) < 4.78 is 39.4. The smallest absolute Gasteiger partial charge is 0.475 e. The molecule has 0 saturated carbocycles. The Hall–Kier alpha value is -5.08. The zero-order valence-corrected chi connectivity index (χ0v) is 24.7. The lowest BCUT2D eigenvalue weighted by Gasteiger charge is -2.28. The van der Waals surface area contributed by atoms with Gasteiger partial charge in [-0.25, -0.2) is 24.7 Å². The van der Waals surface area contributed by atoms with E-state index in [9.17, 15) is 13.2 Å². The summed E-state index contributed by atoms with van der Waals surface area (Å²) >= 11 is 0. The molecule has 0 aliphatic carbocycles. The zero-order valence-electron chi connectivity index (χ0n) is 24.7. The predicted octanol–water partition coefficient (Wildman–Crippen LogP) is 4.39. The molecule has 0 atom stereocenters. The largest absolute Gasteiger partial charge is 0.490 e. The number of carbonyl (C=O) groups is 1. The van der Waals surface area contributed by atoms with Crippen LogP contribution in [-0.4, -0.2) is 94.1 Å². The SMILES string of the molecule is C(=Cc1cn2c(-c3ccc(N4CCNCC4)nc3)cnc(N3CCOCC3)c2n1)c1ccc2ccccc2n1.O=C(O)C(F)(F)F. The monoisotopic (exact) mass is 632 g/mol. The molecule has 14 heteroatoms. The molecule has 2 saturated heterocycles. The van der Waals surface area contributed by atoms with Gasteiger partial charge in [0.05, 0.1) is 42.0 Å². The van der Waals surface area contributed by atoms with Gasteiger partial charge in [0.25, 0.3) is 0 Å². The summed E-state index contributed by atoms with van der Waals surface area (Å²) in [5, 5.41) is 11.7. The quantitative estimate of drug-likeness (QED) is 0.289. The van der Waals surface area contributed by atoms with Gasteiger partial charge in [-0.05, 0) is 36.4 Å². The van der Waals surface area contributed by atoms with Crippen LogP contribution in [0, 0.1) is 0 Å². The van der Waals surface area contributed by atoms with E-state index in [4.69, 9.17) is 34.6 Å². The second-order valence-corrected chi connectivity index (χ2v) is 10.6. The molecule has 2 aliphatic heterocycles. The van der Waals surface area contributed by atoms with Crippen molar-refractivity contribution in [3.05, 3.63) is 78.5 Å². The van der Waals surface area contributed by atoms with Crippen molar-refractivity contribution in [2.24, 2.45) is 0 Å². The Kier molecular flexibility index (Phi) is 9.08. The van der Waals surface area contributed by atoms with Crippen LogP contribution >= 0.6 is 0 Å². The number of ether oxygens (including phenoxy) is 1. The Morgan fingerprint density at radius 2 is 1.61 bits per heavy atom. The molecule has 2 aliphatic rings. The highest BCUT2D eigenvalue weighted by atomic mass is 19.4. The van der Waals surface area contributed by atoms with Gasteiger partial charge in [0.15, 0.2) is 11.5 Å². The number of piperazine rings is 1. The molecule has 6 heterocycles. The lowest BCUT2D eigenvalue weighted by molar-refractivity contribution is -0.192. The Bertz CT molecular complexity index is 1850. The summed E-state index contributed by atoms with van der Waals surface area (Å²) in [5.74, 6) is -0.880. The van der Waals surface area contributed by atoms with E-state index in [0.717, 1.165) is 90.1 Å². The third-order valence-electron chi connectivity index (χ3n) is 7.58. The van der Waals surface area contributed by atoms with Gasteiger partial charge in [-0.2, -0.15) is 13.2 Å². The number of aromatic nitrogens is 5. The van der Waals surface area contributed by atoms with Crippen LogP contribution in [0.1, 0.15) is 11.4 Å². The number of halogens is 3. The Labute approximate surface area is 262 Å². The number of hydrogen-bond acceptors (Lipinski definition) is 9. The van der Waals surface area contributed by atoms with Crippen molar-refractivity contribution in [1.82, 2.24) is 29.7 Å². The molecule has 2 N–H and O–H groups in total. The third-order valence-corrected chi connectivity index (χ3v) is 7.58. The maximum Gasteiger partial charge on any atom is 0.490 e. The fraction of sp³-hybridized carbons (Fsp3) is 0.281. The maximum absolute atomic E-state index is 10.6. The minimum Gasteiger partial charge on any atom is -0.475 e. The average molecular weight is 633 g/mol. The number of morpholine rings is 1. The highest BCUT2D eigenvalue weighted by molar-refractivity contribution is 5.81. The van der Waals surface area contributed by atoms with Crippen LogP contribution in [0.5, 0.6) is 0 Å². The number of rotatable bonds is 5. The molecule has 2 fully saturated rings. The lowest BCUT2D eigenvalue weighted by atomic mass is 10.2. The highest BCUT2D eigenvalue weighted by Gasteiger charge is 2.38. The van der Waals surface area contributed by atoms with Crippen LogP contribution in [-0.2, 0) is 9.53 Å². The Morgan fingerprint density at radius 3 is 2.33 bits per heavy atom. The number of imidazole rings is 1. The Morgan fingerprint density at radius 1 is 0.870 bits per heavy atom. The van der Waals surface area contributed by atoms with Gasteiger partial charge in [0, 0.05) is 62.6 Å². The normalized spacial score (nSPS) is 15.7. The van der Waals surface area contributed by atoms with Gasteiger partial charge in [0.1, 0.15) is 5.82 Å². The van der Waals surface area contributed by atoms with Crippen LogP contribution in [0.4, 0.5) is 24.8 Å². The number of nitrogens with zero attached hydrogens (tertiary/aromatic N) is 7. The standard InChI is InChI=1S/C30H30N8O.C2HF3O2/c1-2-4-26-22(3-1)5-7-24(34-26)8-9-25-21-38-27(20-33-29(30(38)35-25)37-15-17-39-18-16-37)23-6-10-28(32-19-23)36-13-11-31-12-14-36;3-2(4,5)1(6)7/h1-10,19-21,31H,11-18H2;(H,6,7). The number of para-hydroxylation sites is 1. The number of carboxylic acids is 1. The minimum atomic E-state index is -5.08. The topological polar surface area (TPSA) is 121 Å². The molecule has 4 aromatic heterocycles. The van der Waals surface area contributed by atoms with E-state index in [0.29, 0.717) is 13.2 Å². The van der Waals surface area contributed by atoms with E-state index in [-0.39, 0.29) is 0 Å². The summed E-state index contributed by atoms with van der Waals surface area (Å²) in [5.41, 5.74) is 5.50. The number of pyridine rings is 2. The number of fused-ring (bicyclic) bond motifs is 2. The first-order valence-electron chi connectivity index (χ1n) is 14.7. The number of nitrogens with one attached hydrogen (secondary N) is 1. The van der Waals surface area contributed by atoms with Crippen LogP contribution in [0.3, 0.4) is 0 Å². The number of hydrogen-bond donors (Lipinski definition) is 2. The summed E-state index contributed by atoms with van der Waals surface area (Å²) in [7, 11) is 0. The summed E-state index contributed by atoms with van der Waals surface area (Å²) in [6.45, 7) is 6.87. The number of alkyl halides is 3. The second kappa shape index (κ2) is 13.5. The van der Waals surface area contributed by atoms with Crippen molar-refractivity contribution in [1.29, 1.82) is 0 Å². The van der Waals surface area contributed by atoms with E-state index in [2.05, 4.69) is 50.0 Å². The molecule has 1 aromatic carbocycles. The van der Waals surface area contributed by atoms with E-state index >= 15 is 0 Å². The van der Waals surface area contributed by atoms with Gasteiger partial charge in [0.2, 0.25) is 0 Å². The summed E-state index contributed by atoms with van der Waals surface area (Å²) in [6.07, 6.45) is 4.89. The van der Waals surface area contributed by atoms with E-state index in [1.807, 2.05) is 48.8 Å². The van der Waals surface area contributed by atoms with Crippen molar-refractivity contribution in [2.45, 2.75) is 6.18 Å². The van der Waals surface area contributed by atoms with Crippen molar-refractivity contribution in [2.75, 3.05) is 62.3 Å². The summed E-state index contributed by atoms with van der Waals surface area (Å²) in [6, 6.07) is 16.5. The predicted molar refractivity (Wildman–Crippen MR) is 169 cm³/mol. The number of aliphatic carboxylic acids is 1. The minimum absolute atomic E-state index is 0.689. The first kappa shape index (κ1) is 30.9. The molecule has 0 spiro atoms. The van der Waals surface area contributed by atoms with Crippen molar-refractivity contribution in [3.63, 3.8) is 0 Å². The van der Waals surface area contributed by atoms with Crippen molar-refractivity contribution in [3.8, 4) is 11.3 Å². The molecule has 238 valence electrons. The molecule has 11 nitrogen and oxygen atoms in total. The number of carboxylic acid groups (broad SMARTS) is 1. The maximum atomic E-state index is 10.6. The fourth-order valence-corrected chi connectivity index (χ4v) is 5.24. The highest BCUT2D eigenvalue weighted by Crippen LogP contribution is 2.28.